The highest BCUT2D eigenvalue weighted by molar-refractivity contribution is 5.83. The van der Waals surface area contributed by atoms with Crippen molar-refractivity contribution in [2.45, 2.75) is 45.8 Å². The summed E-state index contributed by atoms with van der Waals surface area (Å²) in [6.07, 6.45) is 1.40. The Morgan fingerprint density at radius 2 is 1.92 bits per heavy atom. The molecule has 0 saturated carbocycles. The third-order valence-corrected chi connectivity index (χ3v) is 5.18. The lowest BCUT2D eigenvalue weighted by atomic mass is 9.79. The van der Waals surface area contributed by atoms with Crippen molar-refractivity contribution >= 4 is 5.91 Å². The van der Waals surface area contributed by atoms with Crippen LogP contribution >= 0.6 is 0 Å². The standard InChI is InChI=1S/C19H31N3O2/c1-15(2)22(3)13-17-7-5-4-6-16(17)12-21-18(23)19(14-20)8-10-24-11-9-19/h4-7,15H,8-14,20H2,1-3H3,(H,21,23). The second-order valence-electron chi connectivity index (χ2n) is 7.06. The van der Waals surface area contributed by atoms with Gasteiger partial charge in [0.05, 0.1) is 5.41 Å². The minimum atomic E-state index is -0.470. The van der Waals surface area contributed by atoms with Crippen molar-refractivity contribution in [3.63, 3.8) is 0 Å². The quantitative estimate of drug-likeness (QED) is 0.800. The summed E-state index contributed by atoms with van der Waals surface area (Å²) in [7, 11) is 2.12. The maximum Gasteiger partial charge on any atom is 0.227 e. The van der Waals surface area contributed by atoms with Crippen molar-refractivity contribution in [2.24, 2.45) is 11.1 Å². The number of carbonyl (C=O) groups is 1. The highest BCUT2D eigenvalue weighted by Gasteiger charge is 2.38. The van der Waals surface area contributed by atoms with E-state index in [0.717, 1.165) is 12.1 Å². The molecule has 1 fully saturated rings. The highest BCUT2D eigenvalue weighted by Crippen LogP contribution is 2.29. The van der Waals surface area contributed by atoms with E-state index >= 15 is 0 Å². The first kappa shape index (κ1) is 18.9. The Morgan fingerprint density at radius 3 is 2.50 bits per heavy atom. The normalized spacial score (nSPS) is 17.2. The Labute approximate surface area is 145 Å². The Hall–Kier alpha value is -1.43. The Morgan fingerprint density at radius 1 is 1.29 bits per heavy atom. The molecule has 1 aliphatic rings. The fourth-order valence-electron chi connectivity index (χ4n) is 2.98. The van der Waals surface area contributed by atoms with E-state index in [9.17, 15) is 4.79 Å². The Bertz CT molecular complexity index is 539. The topological polar surface area (TPSA) is 67.6 Å². The van der Waals surface area contributed by atoms with Gasteiger partial charge in [0.1, 0.15) is 0 Å². The van der Waals surface area contributed by atoms with Crippen LogP contribution in [0, 0.1) is 5.41 Å². The number of benzene rings is 1. The molecule has 3 N–H and O–H groups in total. The Kier molecular flexibility index (Phi) is 6.78. The molecule has 1 aromatic rings. The molecule has 134 valence electrons. The molecule has 0 aliphatic carbocycles. The first-order valence-corrected chi connectivity index (χ1v) is 8.81. The predicted octanol–water partition coefficient (Wildman–Crippen LogP) is 1.90. The van der Waals surface area contributed by atoms with Gasteiger partial charge < -0.3 is 15.8 Å². The van der Waals surface area contributed by atoms with Gasteiger partial charge in [-0.25, -0.2) is 0 Å². The molecule has 5 heteroatoms. The zero-order chi connectivity index (χ0) is 17.6. The summed E-state index contributed by atoms with van der Waals surface area (Å²) >= 11 is 0. The van der Waals surface area contributed by atoms with Gasteiger partial charge in [0.15, 0.2) is 0 Å². The van der Waals surface area contributed by atoms with Crippen LogP contribution in [0.15, 0.2) is 24.3 Å². The number of amides is 1. The molecule has 0 bridgehead atoms. The lowest BCUT2D eigenvalue weighted by Gasteiger charge is -2.34. The number of hydrogen-bond donors (Lipinski definition) is 2. The lowest BCUT2D eigenvalue weighted by Crippen LogP contribution is -2.49. The second-order valence-corrected chi connectivity index (χ2v) is 7.06. The van der Waals surface area contributed by atoms with E-state index in [4.69, 9.17) is 10.5 Å². The average Bonchev–Trinajstić information content (AvgIpc) is 2.61. The van der Waals surface area contributed by atoms with E-state index in [-0.39, 0.29) is 5.91 Å². The van der Waals surface area contributed by atoms with Gasteiger partial charge in [-0.2, -0.15) is 0 Å². The van der Waals surface area contributed by atoms with Crippen molar-refractivity contribution in [2.75, 3.05) is 26.8 Å². The van der Waals surface area contributed by atoms with Crippen LogP contribution in [-0.4, -0.2) is 43.7 Å². The monoisotopic (exact) mass is 333 g/mol. The molecular weight excluding hydrogens is 302 g/mol. The van der Waals surface area contributed by atoms with Crippen molar-refractivity contribution in [1.29, 1.82) is 0 Å². The van der Waals surface area contributed by atoms with Gasteiger partial charge in [0.25, 0.3) is 0 Å². The number of rotatable bonds is 7. The molecule has 1 aliphatic heterocycles. The third kappa shape index (κ3) is 4.56. The maximum absolute atomic E-state index is 12.7. The van der Waals surface area contributed by atoms with Gasteiger partial charge in [0, 0.05) is 38.9 Å². The fraction of sp³-hybridized carbons (Fsp3) is 0.632. The average molecular weight is 333 g/mol. The zero-order valence-corrected chi connectivity index (χ0v) is 15.2. The van der Waals surface area contributed by atoms with Gasteiger partial charge >= 0.3 is 0 Å². The van der Waals surface area contributed by atoms with Crippen molar-refractivity contribution in [3.8, 4) is 0 Å². The van der Waals surface area contributed by atoms with E-state index in [1.807, 2.05) is 6.07 Å². The molecule has 1 amide bonds. The summed E-state index contributed by atoms with van der Waals surface area (Å²) in [4.78, 5) is 15.0. The van der Waals surface area contributed by atoms with Crippen LogP contribution in [0.4, 0.5) is 0 Å². The van der Waals surface area contributed by atoms with E-state index in [0.29, 0.717) is 45.2 Å². The van der Waals surface area contributed by atoms with E-state index in [1.54, 1.807) is 0 Å². The van der Waals surface area contributed by atoms with Crippen LogP contribution in [0.5, 0.6) is 0 Å². The number of carbonyl (C=O) groups excluding carboxylic acids is 1. The lowest BCUT2D eigenvalue weighted by molar-refractivity contribution is -0.136. The van der Waals surface area contributed by atoms with Crippen molar-refractivity contribution < 1.29 is 9.53 Å². The molecule has 0 spiro atoms. The number of nitrogens with two attached hydrogens (primary N) is 1. The molecule has 5 nitrogen and oxygen atoms in total. The molecule has 0 aromatic heterocycles. The Balaban J connectivity index is 2.02. The number of ether oxygens (including phenoxy) is 1. The largest absolute Gasteiger partial charge is 0.381 e. The predicted molar refractivity (Wildman–Crippen MR) is 96.4 cm³/mol. The number of hydrogen-bond acceptors (Lipinski definition) is 4. The second kappa shape index (κ2) is 8.60. The SMILES string of the molecule is CC(C)N(C)Cc1ccccc1CNC(=O)C1(CN)CCOCC1. The molecule has 0 atom stereocenters. The minimum absolute atomic E-state index is 0.0558. The first-order chi connectivity index (χ1) is 11.5. The van der Waals surface area contributed by atoms with Crippen LogP contribution in [0.2, 0.25) is 0 Å². The molecular formula is C19H31N3O2. The first-order valence-electron chi connectivity index (χ1n) is 8.81. The fourth-order valence-corrected chi connectivity index (χ4v) is 2.98. The van der Waals surface area contributed by atoms with Crippen LogP contribution in [0.25, 0.3) is 0 Å². The summed E-state index contributed by atoms with van der Waals surface area (Å²) < 4.78 is 5.38. The van der Waals surface area contributed by atoms with E-state index in [1.165, 1.54) is 5.56 Å². The van der Waals surface area contributed by atoms with Crippen LogP contribution in [-0.2, 0) is 22.6 Å². The molecule has 2 rings (SSSR count). The summed E-state index contributed by atoms with van der Waals surface area (Å²) in [5.41, 5.74) is 7.86. The van der Waals surface area contributed by atoms with Crippen LogP contribution in [0.1, 0.15) is 37.8 Å². The van der Waals surface area contributed by atoms with Crippen LogP contribution in [0.3, 0.4) is 0 Å². The van der Waals surface area contributed by atoms with Gasteiger partial charge in [-0.15, -0.1) is 0 Å². The van der Waals surface area contributed by atoms with Gasteiger partial charge in [-0.3, -0.25) is 9.69 Å². The molecule has 1 aromatic carbocycles. The molecule has 24 heavy (non-hydrogen) atoms. The zero-order valence-electron chi connectivity index (χ0n) is 15.2. The summed E-state index contributed by atoms with van der Waals surface area (Å²) in [6, 6.07) is 8.77. The molecule has 1 heterocycles. The summed E-state index contributed by atoms with van der Waals surface area (Å²) in [6.45, 7) is 7.38. The molecule has 1 saturated heterocycles. The molecule has 0 unspecified atom stereocenters. The number of nitrogens with zero attached hydrogens (tertiary/aromatic N) is 1. The smallest absolute Gasteiger partial charge is 0.227 e. The van der Waals surface area contributed by atoms with Crippen molar-refractivity contribution in [1.82, 2.24) is 10.2 Å². The highest BCUT2D eigenvalue weighted by atomic mass is 16.5. The van der Waals surface area contributed by atoms with Gasteiger partial charge in [0.2, 0.25) is 5.91 Å². The van der Waals surface area contributed by atoms with Crippen molar-refractivity contribution in [3.05, 3.63) is 35.4 Å². The van der Waals surface area contributed by atoms with Gasteiger partial charge in [-0.05, 0) is 44.9 Å². The van der Waals surface area contributed by atoms with E-state index < -0.39 is 5.41 Å². The van der Waals surface area contributed by atoms with Gasteiger partial charge in [-0.1, -0.05) is 24.3 Å². The maximum atomic E-state index is 12.7. The minimum Gasteiger partial charge on any atom is -0.381 e. The van der Waals surface area contributed by atoms with E-state index in [2.05, 4.69) is 49.3 Å². The third-order valence-electron chi connectivity index (χ3n) is 5.18. The summed E-state index contributed by atoms with van der Waals surface area (Å²) in [5, 5.41) is 3.11. The molecule has 0 radical (unpaired) electrons. The van der Waals surface area contributed by atoms with Crippen LogP contribution < -0.4 is 11.1 Å². The summed E-state index contributed by atoms with van der Waals surface area (Å²) in [5.74, 6) is 0.0558. The number of nitrogens with one attached hydrogen (secondary N) is 1.